The van der Waals surface area contributed by atoms with Gasteiger partial charge in [-0.15, -0.1) is 11.3 Å². The van der Waals surface area contributed by atoms with E-state index < -0.39 is 21.9 Å². The predicted octanol–water partition coefficient (Wildman–Crippen LogP) is 4.14. The summed E-state index contributed by atoms with van der Waals surface area (Å²) in [7, 11) is -3.96. The number of rotatable bonds is 6. The fourth-order valence-electron chi connectivity index (χ4n) is 2.00. The van der Waals surface area contributed by atoms with Crippen LogP contribution in [-0.2, 0) is 14.8 Å². The van der Waals surface area contributed by atoms with E-state index in [0.717, 1.165) is 11.3 Å². The number of hydrogen-bond donors (Lipinski definition) is 2. The average molecular weight is 409 g/mol. The maximum Gasteiger partial charge on any atom is 0.311 e. The first-order valence-corrected chi connectivity index (χ1v) is 9.88. The molecule has 0 spiro atoms. The Balaban J connectivity index is 2.32. The highest BCUT2D eigenvalue weighted by Crippen LogP contribution is 2.32. The van der Waals surface area contributed by atoms with Crippen LogP contribution in [-0.4, -0.2) is 24.5 Å². The van der Waals surface area contributed by atoms with Crippen molar-refractivity contribution in [2.45, 2.75) is 31.1 Å². The Kier molecular flexibility index (Phi) is 5.74. The van der Waals surface area contributed by atoms with E-state index in [0.29, 0.717) is 21.9 Å². The molecule has 2 N–H and O–H groups in total. The lowest BCUT2D eigenvalue weighted by atomic mass is 10.1. The number of aromatic nitrogens is 1. The van der Waals surface area contributed by atoms with E-state index in [1.165, 1.54) is 18.3 Å². The first kappa shape index (κ1) is 19.0. The molecule has 1 aromatic heterocycles. The zero-order valence-electron chi connectivity index (χ0n) is 12.7. The highest BCUT2D eigenvalue weighted by Gasteiger charge is 2.24. The van der Waals surface area contributed by atoms with Crippen molar-refractivity contribution in [3.8, 4) is 0 Å². The van der Waals surface area contributed by atoms with E-state index in [1.807, 2.05) is 0 Å². The highest BCUT2D eigenvalue weighted by molar-refractivity contribution is 7.93. The van der Waals surface area contributed by atoms with Crippen LogP contribution in [0.5, 0.6) is 0 Å². The van der Waals surface area contributed by atoms with Crippen LogP contribution in [0.3, 0.4) is 0 Å². The SMILES string of the molecule is CCC(C(=O)O)c1cnc(NS(=O)(=O)c2cc(C)c(Cl)cc2Cl)s1. The zero-order valence-corrected chi connectivity index (χ0v) is 15.9. The number of thiazole rings is 1. The van der Waals surface area contributed by atoms with Crippen LogP contribution in [0.25, 0.3) is 0 Å². The number of carbonyl (C=O) groups is 1. The molecule has 1 unspecified atom stereocenters. The second-order valence-electron chi connectivity index (χ2n) is 5.00. The van der Waals surface area contributed by atoms with Gasteiger partial charge >= 0.3 is 5.97 Å². The maximum atomic E-state index is 12.5. The first-order chi connectivity index (χ1) is 11.2. The van der Waals surface area contributed by atoms with Gasteiger partial charge in [0.05, 0.1) is 10.9 Å². The van der Waals surface area contributed by atoms with Gasteiger partial charge in [-0.2, -0.15) is 0 Å². The fraction of sp³-hybridized carbons (Fsp3) is 0.286. The summed E-state index contributed by atoms with van der Waals surface area (Å²) >= 11 is 12.9. The molecule has 0 aliphatic heterocycles. The van der Waals surface area contributed by atoms with Crippen LogP contribution in [0, 0.1) is 6.92 Å². The van der Waals surface area contributed by atoms with E-state index in [-0.39, 0.29) is 15.0 Å². The summed E-state index contributed by atoms with van der Waals surface area (Å²) in [5.74, 6) is -1.70. The first-order valence-electron chi connectivity index (χ1n) is 6.82. The number of sulfonamides is 1. The van der Waals surface area contributed by atoms with E-state index in [1.54, 1.807) is 13.8 Å². The molecule has 2 rings (SSSR count). The minimum absolute atomic E-state index is 0.00755. The normalized spacial score (nSPS) is 12.8. The highest BCUT2D eigenvalue weighted by atomic mass is 35.5. The standard InChI is InChI=1S/C14H14Cl2N2O4S2/c1-3-8(13(19)20)11-6-17-14(23-11)18-24(21,22)12-4-7(2)9(15)5-10(12)16/h4-6,8H,3H2,1-2H3,(H,17,18)(H,19,20). The lowest BCUT2D eigenvalue weighted by Crippen LogP contribution is -2.13. The second-order valence-corrected chi connectivity index (χ2v) is 8.53. The summed E-state index contributed by atoms with van der Waals surface area (Å²) in [5.41, 5.74) is 0.568. The zero-order chi connectivity index (χ0) is 18.1. The molecular weight excluding hydrogens is 395 g/mol. The fourth-order valence-corrected chi connectivity index (χ4v) is 5.07. The van der Waals surface area contributed by atoms with Gasteiger partial charge in [-0.25, -0.2) is 13.4 Å². The second kappa shape index (κ2) is 7.26. The van der Waals surface area contributed by atoms with Gasteiger partial charge in [0, 0.05) is 16.1 Å². The third-order valence-electron chi connectivity index (χ3n) is 3.30. The summed E-state index contributed by atoms with van der Waals surface area (Å²) in [5, 5.41) is 9.58. The molecule has 1 heterocycles. The minimum Gasteiger partial charge on any atom is -0.481 e. The van der Waals surface area contributed by atoms with Crippen molar-refractivity contribution in [1.82, 2.24) is 4.98 Å². The van der Waals surface area contributed by atoms with Crippen LogP contribution < -0.4 is 4.72 Å². The van der Waals surface area contributed by atoms with Crippen molar-refractivity contribution in [1.29, 1.82) is 0 Å². The average Bonchev–Trinajstić information content (AvgIpc) is 2.90. The third-order valence-corrected chi connectivity index (χ3v) is 6.66. The monoisotopic (exact) mass is 408 g/mol. The van der Waals surface area contributed by atoms with Crippen molar-refractivity contribution in [3.63, 3.8) is 0 Å². The number of carboxylic acids is 1. The molecule has 10 heteroatoms. The molecule has 6 nitrogen and oxygen atoms in total. The van der Waals surface area contributed by atoms with Crippen molar-refractivity contribution in [2.24, 2.45) is 0 Å². The molecule has 0 amide bonds. The molecule has 0 fully saturated rings. The summed E-state index contributed by atoms with van der Waals surface area (Å²) in [6, 6.07) is 2.73. The Morgan fingerprint density at radius 3 is 2.62 bits per heavy atom. The number of halogens is 2. The molecular formula is C14H14Cl2N2O4S2. The maximum absolute atomic E-state index is 12.5. The molecule has 0 radical (unpaired) electrons. The molecule has 2 aromatic rings. The lowest BCUT2D eigenvalue weighted by molar-refractivity contribution is -0.138. The Bertz CT molecular complexity index is 881. The Labute approximate surface area is 153 Å². The van der Waals surface area contributed by atoms with E-state index in [4.69, 9.17) is 28.3 Å². The van der Waals surface area contributed by atoms with Gasteiger partial charge in [0.1, 0.15) is 4.90 Å². The van der Waals surface area contributed by atoms with E-state index >= 15 is 0 Å². The van der Waals surface area contributed by atoms with Crippen LogP contribution >= 0.6 is 34.5 Å². The molecule has 0 aliphatic rings. The lowest BCUT2D eigenvalue weighted by Gasteiger charge is -2.09. The summed E-state index contributed by atoms with van der Waals surface area (Å²) in [4.78, 5) is 15.5. The van der Waals surface area contributed by atoms with Crippen molar-refractivity contribution in [3.05, 3.63) is 38.8 Å². The van der Waals surface area contributed by atoms with E-state index in [9.17, 15) is 13.2 Å². The molecule has 0 saturated carbocycles. The van der Waals surface area contributed by atoms with Crippen LogP contribution in [0.15, 0.2) is 23.2 Å². The molecule has 0 aliphatic carbocycles. The molecule has 1 atom stereocenters. The topological polar surface area (TPSA) is 96.4 Å². The molecule has 130 valence electrons. The number of carboxylic acid groups (broad SMARTS) is 1. The van der Waals surface area contributed by atoms with Gasteiger partial charge in [-0.1, -0.05) is 30.1 Å². The van der Waals surface area contributed by atoms with Gasteiger partial charge in [-0.05, 0) is 31.0 Å². The predicted molar refractivity (Wildman–Crippen MR) is 94.8 cm³/mol. The van der Waals surface area contributed by atoms with Crippen LogP contribution in [0.2, 0.25) is 10.0 Å². The van der Waals surface area contributed by atoms with Gasteiger partial charge in [0.15, 0.2) is 5.13 Å². The molecule has 0 bridgehead atoms. The van der Waals surface area contributed by atoms with Gasteiger partial charge < -0.3 is 5.11 Å². The number of aliphatic carboxylic acids is 1. The Morgan fingerprint density at radius 1 is 1.38 bits per heavy atom. The quantitative estimate of drug-likeness (QED) is 0.748. The van der Waals surface area contributed by atoms with Crippen LogP contribution in [0.1, 0.15) is 29.7 Å². The Morgan fingerprint density at radius 2 is 2.04 bits per heavy atom. The number of benzene rings is 1. The molecule has 24 heavy (non-hydrogen) atoms. The van der Waals surface area contributed by atoms with E-state index in [2.05, 4.69) is 9.71 Å². The number of nitrogens with one attached hydrogen (secondary N) is 1. The largest absolute Gasteiger partial charge is 0.481 e. The van der Waals surface area contributed by atoms with Gasteiger partial charge in [-0.3, -0.25) is 9.52 Å². The van der Waals surface area contributed by atoms with Gasteiger partial charge in [0.25, 0.3) is 10.0 Å². The molecule has 1 aromatic carbocycles. The number of nitrogens with zero attached hydrogens (tertiary/aromatic N) is 1. The number of anilines is 1. The van der Waals surface area contributed by atoms with Crippen molar-refractivity contribution < 1.29 is 18.3 Å². The summed E-state index contributed by atoms with van der Waals surface area (Å²) in [6.07, 6.45) is 1.74. The van der Waals surface area contributed by atoms with Crippen molar-refractivity contribution >= 4 is 55.7 Å². The van der Waals surface area contributed by atoms with Crippen molar-refractivity contribution in [2.75, 3.05) is 4.72 Å². The van der Waals surface area contributed by atoms with Crippen LogP contribution in [0.4, 0.5) is 5.13 Å². The van der Waals surface area contributed by atoms with Gasteiger partial charge in [0.2, 0.25) is 0 Å². The number of aryl methyl sites for hydroxylation is 1. The minimum atomic E-state index is -3.96. The summed E-state index contributed by atoms with van der Waals surface area (Å²) in [6.45, 7) is 3.40. The summed E-state index contributed by atoms with van der Waals surface area (Å²) < 4.78 is 27.3. The number of hydrogen-bond acceptors (Lipinski definition) is 5. The molecule has 0 saturated heterocycles. The Hall–Kier alpha value is -1.35. The third kappa shape index (κ3) is 4.00. The smallest absolute Gasteiger partial charge is 0.311 e.